The normalized spacial score (nSPS) is 13.6. The van der Waals surface area contributed by atoms with E-state index in [4.69, 9.17) is 23.2 Å². The molecule has 4 nitrogen and oxygen atoms in total. The Morgan fingerprint density at radius 2 is 2.00 bits per heavy atom. The van der Waals surface area contributed by atoms with Crippen molar-refractivity contribution in [1.82, 2.24) is 4.13 Å². The SMILES string of the molecule is NS(=O)(=O)NSC(F)(Cl)Cl. The molecule has 62 valence electrons. The van der Waals surface area contributed by atoms with Crippen LogP contribution in [0.15, 0.2) is 0 Å². The Bertz CT molecular complexity index is 198. The maximum Gasteiger partial charge on any atom is 0.319 e. The van der Waals surface area contributed by atoms with Crippen molar-refractivity contribution in [1.29, 1.82) is 0 Å². The maximum absolute atomic E-state index is 12.0. The largest absolute Gasteiger partial charge is 0.319 e. The van der Waals surface area contributed by atoms with Crippen molar-refractivity contribution < 1.29 is 12.8 Å². The van der Waals surface area contributed by atoms with Crippen LogP contribution in [-0.2, 0) is 10.2 Å². The van der Waals surface area contributed by atoms with Crippen LogP contribution < -0.4 is 9.27 Å². The molecule has 0 fully saturated rings. The van der Waals surface area contributed by atoms with Gasteiger partial charge in [-0.2, -0.15) is 12.8 Å². The number of rotatable bonds is 3. The van der Waals surface area contributed by atoms with E-state index in [-0.39, 0.29) is 11.9 Å². The molecule has 0 amide bonds. The second-order valence-corrected chi connectivity index (χ2v) is 5.38. The molecular formula is CH3Cl2FN2O2S2. The number of alkyl halides is 3. The summed E-state index contributed by atoms with van der Waals surface area (Å²) in [6.45, 7) is 0. The topological polar surface area (TPSA) is 72.2 Å². The third-order valence-electron chi connectivity index (χ3n) is 0.274. The van der Waals surface area contributed by atoms with Gasteiger partial charge in [0.05, 0.1) is 0 Å². The Hall–Kier alpha value is 0.730. The van der Waals surface area contributed by atoms with Crippen LogP contribution in [0, 0.1) is 0 Å². The molecule has 0 aliphatic carbocycles. The first-order valence-corrected chi connectivity index (χ1v) is 4.87. The molecule has 0 saturated carbocycles. The lowest BCUT2D eigenvalue weighted by molar-refractivity contribution is 0.514. The fourth-order valence-electron chi connectivity index (χ4n) is 0.105. The van der Waals surface area contributed by atoms with Crippen molar-refractivity contribution in [2.75, 3.05) is 0 Å². The van der Waals surface area contributed by atoms with Gasteiger partial charge in [0, 0.05) is 11.9 Å². The second kappa shape index (κ2) is 3.42. The minimum absolute atomic E-state index is 0.0583. The van der Waals surface area contributed by atoms with Gasteiger partial charge in [0.15, 0.2) is 0 Å². The van der Waals surface area contributed by atoms with E-state index in [0.29, 0.717) is 0 Å². The summed E-state index contributed by atoms with van der Waals surface area (Å²) in [6.07, 6.45) is 0. The molecule has 0 aliphatic heterocycles. The molecule has 0 atom stereocenters. The number of hydrogen-bond acceptors (Lipinski definition) is 3. The number of nitrogens with one attached hydrogen (secondary N) is 1. The zero-order chi connectivity index (χ0) is 8.41. The predicted molar refractivity (Wildman–Crippen MR) is 39.4 cm³/mol. The van der Waals surface area contributed by atoms with Crippen molar-refractivity contribution in [3.8, 4) is 0 Å². The lowest BCUT2D eigenvalue weighted by Gasteiger charge is -2.06. The van der Waals surface area contributed by atoms with Crippen LogP contribution in [0.25, 0.3) is 0 Å². The van der Waals surface area contributed by atoms with Crippen molar-refractivity contribution in [2.24, 2.45) is 5.14 Å². The molecule has 0 unspecified atom stereocenters. The smallest absolute Gasteiger partial charge is 0.215 e. The summed E-state index contributed by atoms with van der Waals surface area (Å²) in [5.74, 6) is 0. The maximum atomic E-state index is 12.0. The molecule has 0 aliphatic rings. The molecule has 10 heavy (non-hydrogen) atoms. The van der Waals surface area contributed by atoms with Gasteiger partial charge in [-0.25, -0.2) is 5.14 Å². The predicted octanol–water partition coefficient (Wildman–Crippen LogP) is 0.486. The minimum atomic E-state index is -3.95. The van der Waals surface area contributed by atoms with Gasteiger partial charge in [-0.3, -0.25) is 0 Å². The summed E-state index contributed by atoms with van der Waals surface area (Å²) < 4.78 is 30.9. The summed E-state index contributed by atoms with van der Waals surface area (Å²) in [4.78, 5) is 0. The molecule has 0 radical (unpaired) electrons. The molecular weight excluding hydrogens is 226 g/mol. The summed E-state index contributed by atoms with van der Waals surface area (Å²) in [5.41, 5.74) is 0. The van der Waals surface area contributed by atoms with Crippen LogP contribution in [0.5, 0.6) is 0 Å². The van der Waals surface area contributed by atoms with Gasteiger partial charge in [-0.1, -0.05) is 23.2 Å². The van der Waals surface area contributed by atoms with E-state index in [1.807, 2.05) is 0 Å². The van der Waals surface area contributed by atoms with Gasteiger partial charge in [0.25, 0.3) is 10.2 Å². The van der Waals surface area contributed by atoms with Gasteiger partial charge in [0.1, 0.15) is 0 Å². The molecule has 0 aromatic heterocycles. The average molecular weight is 229 g/mol. The van der Waals surface area contributed by atoms with E-state index >= 15 is 0 Å². The van der Waals surface area contributed by atoms with E-state index in [0.717, 1.165) is 0 Å². The highest BCUT2D eigenvalue weighted by Gasteiger charge is 2.24. The Kier molecular flexibility index (Phi) is 3.67. The third kappa shape index (κ3) is 8.73. The Balaban J connectivity index is 3.79. The first-order valence-electron chi connectivity index (χ1n) is 1.75. The summed E-state index contributed by atoms with van der Waals surface area (Å²) >= 11 is 9.38. The molecule has 0 saturated heterocycles. The fraction of sp³-hybridized carbons (Fsp3) is 1.00. The second-order valence-electron chi connectivity index (χ2n) is 1.18. The van der Waals surface area contributed by atoms with Crippen molar-refractivity contribution in [2.45, 2.75) is 3.92 Å². The first kappa shape index (κ1) is 10.7. The Morgan fingerprint density at radius 1 is 1.60 bits per heavy atom. The van der Waals surface area contributed by atoms with Crippen LogP contribution in [0.3, 0.4) is 0 Å². The van der Waals surface area contributed by atoms with E-state index in [1.54, 1.807) is 0 Å². The first-order chi connectivity index (χ1) is 4.21. The molecule has 0 aromatic carbocycles. The molecule has 3 N–H and O–H groups in total. The quantitative estimate of drug-likeness (QED) is 0.546. The van der Waals surface area contributed by atoms with Gasteiger partial charge < -0.3 is 0 Å². The highest BCUT2D eigenvalue weighted by Crippen LogP contribution is 2.33. The average Bonchev–Trinajstić information content (AvgIpc) is 1.57. The number of halogens is 3. The third-order valence-corrected chi connectivity index (χ3v) is 2.23. The highest BCUT2D eigenvalue weighted by atomic mass is 35.5. The fourth-order valence-corrected chi connectivity index (χ4v) is 1.51. The minimum Gasteiger partial charge on any atom is -0.215 e. The van der Waals surface area contributed by atoms with Crippen molar-refractivity contribution >= 4 is 45.4 Å². The van der Waals surface area contributed by atoms with Gasteiger partial charge in [-0.05, 0) is 0 Å². The van der Waals surface area contributed by atoms with E-state index in [2.05, 4.69) is 5.14 Å². The molecule has 0 bridgehead atoms. The summed E-state index contributed by atoms with van der Waals surface area (Å²) in [6, 6.07) is 0. The van der Waals surface area contributed by atoms with Crippen molar-refractivity contribution in [3.05, 3.63) is 0 Å². The Morgan fingerprint density at radius 3 is 2.10 bits per heavy atom. The number of nitrogens with two attached hydrogens (primary N) is 1. The molecule has 0 rings (SSSR count). The summed E-state index contributed by atoms with van der Waals surface area (Å²) in [7, 11) is -3.95. The van der Waals surface area contributed by atoms with Crippen LogP contribution >= 0.6 is 35.1 Å². The van der Waals surface area contributed by atoms with E-state index in [9.17, 15) is 12.8 Å². The van der Waals surface area contributed by atoms with Crippen molar-refractivity contribution in [3.63, 3.8) is 0 Å². The van der Waals surface area contributed by atoms with Crippen LogP contribution in [0.4, 0.5) is 4.39 Å². The van der Waals surface area contributed by atoms with Crippen LogP contribution in [0.1, 0.15) is 0 Å². The van der Waals surface area contributed by atoms with Crippen LogP contribution in [0.2, 0.25) is 0 Å². The lowest BCUT2D eigenvalue weighted by Crippen LogP contribution is -2.27. The zero-order valence-electron chi connectivity index (χ0n) is 4.34. The summed E-state index contributed by atoms with van der Waals surface area (Å²) in [5, 5.41) is 4.40. The molecule has 0 aromatic rings. The van der Waals surface area contributed by atoms with E-state index < -0.39 is 14.1 Å². The van der Waals surface area contributed by atoms with E-state index in [1.165, 1.54) is 4.13 Å². The number of hydrogen-bond donors (Lipinski definition) is 2. The van der Waals surface area contributed by atoms with Gasteiger partial charge in [-0.15, -0.1) is 4.13 Å². The highest BCUT2D eigenvalue weighted by molar-refractivity contribution is 8.10. The monoisotopic (exact) mass is 228 g/mol. The molecule has 9 heteroatoms. The Labute approximate surface area is 71.6 Å². The molecule has 0 spiro atoms. The van der Waals surface area contributed by atoms with Gasteiger partial charge >= 0.3 is 3.92 Å². The molecule has 0 heterocycles. The zero-order valence-corrected chi connectivity index (χ0v) is 7.49. The van der Waals surface area contributed by atoms with Gasteiger partial charge in [0.2, 0.25) is 0 Å². The lowest BCUT2D eigenvalue weighted by atomic mass is 11.7. The van der Waals surface area contributed by atoms with Crippen LogP contribution in [-0.4, -0.2) is 12.3 Å². The standard InChI is InChI=1S/CH3Cl2FN2O2S2/c2-1(3,4)9-6-10(5,7)8/h6H,(H2,5,7,8).